The van der Waals surface area contributed by atoms with Crippen molar-refractivity contribution in [3.05, 3.63) is 0 Å². The van der Waals surface area contributed by atoms with Crippen LogP contribution in [0.2, 0.25) is 0 Å². The van der Waals surface area contributed by atoms with E-state index in [0.717, 1.165) is 0 Å². The molecule has 0 saturated heterocycles. The van der Waals surface area contributed by atoms with Crippen molar-refractivity contribution in [2.45, 2.75) is 0 Å². The summed E-state index contributed by atoms with van der Waals surface area (Å²) in [6, 6.07) is 0. The predicted molar refractivity (Wildman–Crippen MR) is 15.5 cm³/mol. The molecule has 0 saturated carbocycles. The van der Waals surface area contributed by atoms with Gasteiger partial charge in [0.05, 0.1) is 0 Å². The Labute approximate surface area is 30.0 Å². The third kappa shape index (κ3) is 2.85. The maximum atomic E-state index is 7.45. The molecule has 0 aromatic carbocycles. The van der Waals surface area contributed by atoms with Gasteiger partial charge in [0.1, 0.15) is 6.11 Å². The summed E-state index contributed by atoms with van der Waals surface area (Å²) in [6.45, 7) is 0. The Morgan fingerprint density at radius 2 is 2.40 bits per heavy atom. The second kappa shape index (κ2) is 2.85. The van der Waals surface area contributed by atoms with Gasteiger partial charge in [-0.2, -0.15) is 0 Å². The Bertz CT molecular complexity index is 72.0. The summed E-state index contributed by atoms with van der Waals surface area (Å²) < 4.78 is 3.67. The third-order valence-electron chi connectivity index (χ3n) is 0.105. The van der Waals surface area contributed by atoms with E-state index in [0.29, 0.717) is 0 Å². The molecule has 0 unspecified atom stereocenters. The quantitative estimate of drug-likeness (QED) is 0.297. The molecule has 0 aromatic rings. The minimum absolute atomic E-state index is 1.28. The van der Waals surface area contributed by atoms with Gasteiger partial charge >= 0.3 is 6.26 Å². The first-order chi connectivity index (χ1) is 2.41. The topological polar surface area (TPSA) is 33.0 Å². The van der Waals surface area contributed by atoms with Crippen LogP contribution < -0.4 is 0 Å². The van der Waals surface area contributed by atoms with Crippen LogP contribution in [-0.2, 0) is 4.74 Å². The number of hydrogen-bond acceptors (Lipinski definition) is 2. The largest absolute Gasteiger partial charge is 0.333 e. The fraction of sp³-hybridized carbons (Fsp3) is 0. The summed E-state index contributed by atoms with van der Waals surface area (Å²) >= 11 is 0. The normalized spacial score (nSPS) is 3.60. The standard InChI is InChI=1S/C3HNO/c1-2-5-3-4/h1H. The van der Waals surface area contributed by atoms with Crippen molar-refractivity contribution in [3.8, 4) is 18.8 Å². The van der Waals surface area contributed by atoms with Crippen LogP contribution in [-0.4, -0.2) is 0 Å². The molecular formula is C3HNO. The van der Waals surface area contributed by atoms with Crippen LogP contribution in [0.25, 0.3) is 0 Å². The Morgan fingerprint density at radius 3 is 2.40 bits per heavy atom. The molecular weight excluding hydrogens is 66.0 g/mol. The zero-order chi connectivity index (χ0) is 4.12. The summed E-state index contributed by atoms with van der Waals surface area (Å²) in [6.07, 6.45) is 7.38. The second-order valence-corrected chi connectivity index (χ2v) is 0.311. The molecule has 0 aliphatic rings. The van der Waals surface area contributed by atoms with E-state index < -0.39 is 0 Å². The number of terminal acetylenes is 1. The molecule has 0 spiro atoms. The lowest BCUT2D eigenvalue weighted by Gasteiger charge is -1.60. The molecule has 5 heavy (non-hydrogen) atoms. The van der Waals surface area contributed by atoms with Gasteiger partial charge in [0.2, 0.25) is 0 Å². The Morgan fingerprint density at radius 1 is 1.80 bits per heavy atom. The summed E-state index contributed by atoms with van der Waals surface area (Å²) in [4.78, 5) is 0. The number of ether oxygens (including phenoxy) is 1. The highest BCUT2D eigenvalue weighted by Gasteiger charge is 1.51. The molecule has 0 bridgehead atoms. The molecule has 0 radical (unpaired) electrons. The average Bonchev–Trinajstić information content (AvgIpc) is 1.41. The SMILES string of the molecule is C#COC#N. The van der Waals surface area contributed by atoms with Crippen molar-refractivity contribution < 1.29 is 4.74 Å². The molecule has 0 aliphatic heterocycles. The summed E-state index contributed by atoms with van der Waals surface area (Å²) in [7, 11) is 0. The zero-order valence-corrected chi connectivity index (χ0v) is 2.43. The van der Waals surface area contributed by atoms with Crippen LogP contribution in [0.1, 0.15) is 0 Å². The van der Waals surface area contributed by atoms with E-state index in [2.05, 4.69) is 11.2 Å². The Balaban J connectivity index is 2.86. The summed E-state index contributed by atoms with van der Waals surface area (Å²) in [5, 5.41) is 7.45. The van der Waals surface area contributed by atoms with E-state index in [1.807, 2.05) is 0 Å². The minimum Gasteiger partial charge on any atom is -0.333 e. The molecule has 0 rings (SSSR count). The van der Waals surface area contributed by atoms with Crippen LogP contribution in [0.15, 0.2) is 0 Å². The van der Waals surface area contributed by atoms with Gasteiger partial charge in [-0.3, -0.25) is 0 Å². The smallest absolute Gasteiger partial charge is 0.301 e. The number of nitrogens with zero attached hydrogens (tertiary/aromatic N) is 1. The van der Waals surface area contributed by atoms with Crippen molar-refractivity contribution in [3.63, 3.8) is 0 Å². The van der Waals surface area contributed by atoms with Crippen LogP contribution in [0.5, 0.6) is 0 Å². The van der Waals surface area contributed by atoms with E-state index in [1.165, 1.54) is 6.26 Å². The zero-order valence-electron chi connectivity index (χ0n) is 2.43. The highest BCUT2D eigenvalue weighted by atomic mass is 16.5. The summed E-state index contributed by atoms with van der Waals surface area (Å²) in [5.74, 6) is 0. The lowest BCUT2D eigenvalue weighted by molar-refractivity contribution is 0.468. The predicted octanol–water partition coefficient (Wildman–Crippen LogP) is 0.0748. The maximum absolute atomic E-state index is 7.45. The Hall–Kier alpha value is -1.15. The van der Waals surface area contributed by atoms with E-state index >= 15 is 0 Å². The van der Waals surface area contributed by atoms with Gasteiger partial charge in [-0.15, -0.1) is 5.26 Å². The lowest BCUT2D eigenvalue weighted by atomic mass is 11.3. The van der Waals surface area contributed by atoms with Crippen molar-refractivity contribution in [2.24, 2.45) is 0 Å². The van der Waals surface area contributed by atoms with Crippen LogP contribution in [0, 0.1) is 24.0 Å². The van der Waals surface area contributed by atoms with Crippen molar-refractivity contribution >= 4 is 0 Å². The molecule has 0 heterocycles. The molecule has 0 atom stereocenters. The second-order valence-electron chi connectivity index (χ2n) is 0.311. The first-order valence-electron chi connectivity index (χ1n) is 0.921. The number of nitriles is 1. The lowest BCUT2D eigenvalue weighted by Crippen LogP contribution is -1.56. The fourth-order valence-electron chi connectivity index (χ4n) is 0.0264. The van der Waals surface area contributed by atoms with Gasteiger partial charge < -0.3 is 4.74 Å². The maximum Gasteiger partial charge on any atom is 0.301 e. The molecule has 24 valence electrons. The van der Waals surface area contributed by atoms with E-state index in [9.17, 15) is 0 Å². The molecule has 0 N–H and O–H groups in total. The highest BCUT2D eigenvalue weighted by Crippen LogP contribution is 1.50. The number of hydrogen-bond donors (Lipinski definition) is 0. The van der Waals surface area contributed by atoms with Gasteiger partial charge in [-0.25, -0.2) is 0 Å². The molecule has 0 amide bonds. The molecule has 2 heteroatoms. The van der Waals surface area contributed by atoms with E-state index in [1.54, 1.807) is 6.11 Å². The molecule has 0 aromatic heterocycles. The van der Waals surface area contributed by atoms with Crippen LogP contribution in [0.4, 0.5) is 0 Å². The average molecular weight is 67.0 g/mol. The van der Waals surface area contributed by atoms with Crippen molar-refractivity contribution in [2.75, 3.05) is 0 Å². The number of rotatable bonds is 0. The molecule has 0 fully saturated rings. The van der Waals surface area contributed by atoms with E-state index in [-0.39, 0.29) is 0 Å². The van der Waals surface area contributed by atoms with Gasteiger partial charge in [-0.05, 0) is 0 Å². The summed E-state index contributed by atoms with van der Waals surface area (Å²) in [5.41, 5.74) is 0. The van der Waals surface area contributed by atoms with Gasteiger partial charge in [0, 0.05) is 0 Å². The van der Waals surface area contributed by atoms with Gasteiger partial charge in [0.15, 0.2) is 0 Å². The van der Waals surface area contributed by atoms with E-state index in [4.69, 9.17) is 5.26 Å². The van der Waals surface area contributed by atoms with Gasteiger partial charge in [-0.1, -0.05) is 6.42 Å². The minimum atomic E-state index is 1.28. The van der Waals surface area contributed by atoms with Crippen LogP contribution in [0.3, 0.4) is 0 Å². The Kier molecular flexibility index (Phi) is 2.19. The third-order valence-corrected chi connectivity index (χ3v) is 0.105. The first-order valence-corrected chi connectivity index (χ1v) is 0.921. The van der Waals surface area contributed by atoms with Crippen molar-refractivity contribution in [1.29, 1.82) is 5.26 Å². The first kappa shape index (κ1) is 3.85. The molecule has 0 aliphatic carbocycles. The van der Waals surface area contributed by atoms with Crippen molar-refractivity contribution in [1.82, 2.24) is 0 Å². The highest BCUT2D eigenvalue weighted by molar-refractivity contribution is 4.73. The molecule has 2 nitrogen and oxygen atoms in total. The van der Waals surface area contributed by atoms with Gasteiger partial charge in [0.25, 0.3) is 0 Å². The monoisotopic (exact) mass is 67.0 g/mol. The van der Waals surface area contributed by atoms with Crippen LogP contribution >= 0.6 is 0 Å². The fourth-order valence-corrected chi connectivity index (χ4v) is 0.0264.